The first kappa shape index (κ1) is 18.9. The topological polar surface area (TPSA) is 92.5 Å². The molecule has 1 saturated carbocycles. The van der Waals surface area contributed by atoms with E-state index in [1.807, 2.05) is 0 Å². The lowest BCUT2D eigenvalue weighted by Crippen LogP contribution is -2.28. The SMILES string of the molecule is CNc1c([N+](=O)[O-])cc(C(=O)O)c(F)c1C1CCC(C(F)(F)F)CC1. The van der Waals surface area contributed by atoms with Crippen molar-refractivity contribution in [2.45, 2.75) is 37.8 Å². The first-order valence-corrected chi connectivity index (χ1v) is 7.56. The summed E-state index contributed by atoms with van der Waals surface area (Å²) in [6, 6.07) is 0.619. The summed E-state index contributed by atoms with van der Waals surface area (Å²) in [5.74, 6) is -5.03. The molecule has 1 aromatic carbocycles. The summed E-state index contributed by atoms with van der Waals surface area (Å²) < 4.78 is 53.0. The van der Waals surface area contributed by atoms with Crippen molar-refractivity contribution in [2.75, 3.05) is 12.4 Å². The molecule has 0 spiro atoms. The molecule has 0 unspecified atom stereocenters. The van der Waals surface area contributed by atoms with Crippen molar-refractivity contribution in [3.05, 3.63) is 33.1 Å². The maximum atomic E-state index is 14.7. The Kier molecular flexibility index (Phi) is 5.19. The van der Waals surface area contributed by atoms with Crippen LogP contribution in [0.4, 0.5) is 28.9 Å². The van der Waals surface area contributed by atoms with Crippen molar-refractivity contribution < 1.29 is 32.4 Å². The fraction of sp³-hybridized carbons (Fsp3) is 0.533. The Hall–Kier alpha value is -2.39. The molecular weight excluding hydrogens is 348 g/mol. The number of rotatable bonds is 4. The van der Waals surface area contributed by atoms with E-state index in [0.29, 0.717) is 6.07 Å². The third kappa shape index (κ3) is 3.67. The van der Waals surface area contributed by atoms with E-state index in [0.717, 1.165) is 0 Å². The van der Waals surface area contributed by atoms with Crippen LogP contribution in [0, 0.1) is 21.8 Å². The summed E-state index contributed by atoms with van der Waals surface area (Å²) in [5, 5.41) is 22.8. The van der Waals surface area contributed by atoms with Gasteiger partial charge < -0.3 is 10.4 Å². The monoisotopic (exact) mass is 364 g/mol. The summed E-state index contributed by atoms with van der Waals surface area (Å²) in [6.45, 7) is 0. The third-order valence-corrected chi connectivity index (χ3v) is 4.55. The molecule has 0 heterocycles. The highest BCUT2D eigenvalue weighted by atomic mass is 19.4. The maximum Gasteiger partial charge on any atom is 0.391 e. The van der Waals surface area contributed by atoms with Crippen LogP contribution >= 0.6 is 0 Å². The average Bonchev–Trinajstić information content (AvgIpc) is 2.52. The second-order valence-corrected chi connectivity index (χ2v) is 5.95. The Morgan fingerprint density at radius 1 is 1.32 bits per heavy atom. The van der Waals surface area contributed by atoms with Crippen molar-refractivity contribution in [3.63, 3.8) is 0 Å². The summed E-state index contributed by atoms with van der Waals surface area (Å²) in [4.78, 5) is 21.5. The Balaban J connectivity index is 2.50. The number of nitrogens with zero attached hydrogens (tertiary/aromatic N) is 1. The fourth-order valence-electron chi connectivity index (χ4n) is 3.32. The van der Waals surface area contributed by atoms with Crippen LogP contribution in [0.1, 0.15) is 47.5 Å². The molecule has 2 rings (SSSR count). The smallest absolute Gasteiger partial charge is 0.391 e. The number of nitrogens with one attached hydrogen (secondary N) is 1. The number of hydrogen-bond acceptors (Lipinski definition) is 4. The van der Waals surface area contributed by atoms with Crippen LogP contribution in [0.15, 0.2) is 6.07 Å². The van der Waals surface area contributed by atoms with Crippen LogP contribution in [0.5, 0.6) is 0 Å². The van der Waals surface area contributed by atoms with E-state index in [2.05, 4.69) is 5.32 Å². The van der Waals surface area contributed by atoms with E-state index < -0.39 is 46.0 Å². The average molecular weight is 364 g/mol. The molecule has 1 fully saturated rings. The number of nitro benzene ring substituents is 1. The number of hydrogen-bond donors (Lipinski definition) is 2. The largest absolute Gasteiger partial charge is 0.478 e. The molecular formula is C15H16F4N2O4. The minimum absolute atomic E-state index is 0.0317. The van der Waals surface area contributed by atoms with E-state index in [4.69, 9.17) is 5.11 Å². The van der Waals surface area contributed by atoms with Crippen LogP contribution in [-0.4, -0.2) is 29.2 Å². The molecule has 1 aliphatic carbocycles. The van der Waals surface area contributed by atoms with Crippen molar-refractivity contribution in [1.29, 1.82) is 0 Å². The molecule has 0 aliphatic heterocycles. The van der Waals surface area contributed by atoms with Crippen molar-refractivity contribution >= 4 is 17.3 Å². The molecule has 0 radical (unpaired) electrons. The van der Waals surface area contributed by atoms with Gasteiger partial charge in [-0.3, -0.25) is 10.1 Å². The van der Waals surface area contributed by atoms with E-state index in [1.54, 1.807) is 0 Å². The third-order valence-electron chi connectivity index (χ3n) is 4.55. The van der Waals surface area contributed by atoms with Crippen molar-refractivity contribution in [3.8, 4) is 0 Å². The Morgan fingerprint density at radius 3 is 2.28 bits per heavy atom. The van der Waals surface area contributed by atoms with Gasteiger partial charge in [-0.15, -0.1) is 0 Å². The van der Waals surface area contributed by atoms with Gasteiger partial charge in [-0.05, 0) is 31.6 Å². The second-order valence-electron chi connectivity index (χ2n) is 5.95. The van der Waals surface area contributed by atoms with Crippen LogP contribution < -0.4 is 5.32 Å². The van der Waals surface area contributed by atoms with E-state index in [-0.39, 0.29) is 36.9 Å². The van der Waals surface area contributed by atoms with Gasteiger partial charge >= 0.3 is 12.1 Å². The first-order valence-electron chi connectivity index (χ1n) is 7.56. The molecule has 6 nitrogen and oxygen atoms in total. The van der Waals surface area contributed by atoms with Gasteiger partial charge in [-0.1, -0.05) is 0 Å². The van der Waals surface area contributed by atoms with Crippen LogP contribution in [0.25, 0.3) is 0 Å². The summed E-state index contributed by atoms with van der Waals surface area (Å²) in [6.07, 6.45) is -4.88. The highest BCUT2D eigenvalue weighted by Gasteiger charge is 2.43. The minimum atomic E-state index is -4.34. The van der Waals surface area contributed by atoms with Gasteiger partial charge in [-0.25, -0.2) is 9.18 Å². The van der Waals surface area contributed by atoms with Gasteiger partial charge in [0, 0.05) is 18.7 Å². The number of aromatic carboxylic acids is 1. The summed E-state index contributed by atoms with van der Waals surface area (Å²) in [7, 11) is 1.31. The van der Waals surface area contributed by atoms with Crippen molar-refractivity contribution in [1.82, 2.24) is 0 Å². The standard InChI is InChI=1S/C15H16F4N2O4/c1-20-13-10(21(24)25)6-9(14(22)23)12(16)11(13)7-2-4-8(5-3-7)15(17,18)19/h6-8,20H,2-5H2,1H3,(H,22,23). The summed E-state index contributed by atoms with van der Waals surface area (Å²) >= 11 is 0. The normalized spacial score (nSPS) is 21.0. The van der Waals surface area contributed by atoms with Gasteiger partial charge in [0.15, 0.2) is 0 Å². The molecule has 1 aliphatic rings. The van der Waals surface area contributed by atoms with Gasteiger partial charge in [0.2, 0.25) is 0 Å². The van der Waals surface area contributed by atoms with E-state index >= 15 is 0 Å². The molecule has 0 aromatic heterocycles. The Morgan fingerprint density at radius 2 is 1.88 bits per heavy atom. The zero-order valence-corrected chi connectivity index (χ0v) is 13.2. The number of nitro groups is 1. The quantitative estimate of drug-likeness (QED) is 0.472. The molecule has 1 aromatic rings. The Bertz CT molecular complexity index is 698. The second kappa shape index (κ2) is 6.85. The lowest BCUT2D eigenvalue weighted by Gasteiger charge is -2.31. The maximum absolute atomic E-state index is 14.7. The first-order chi connectivity index (χ1) is 11.6. The zero-order valence-electron chi connectivity index (χ0n) is 13.2. The van der Waals surface area contributed by atoms with Crippen LogP contribution in [0.2, 0.25) is 0 Å². The number of carboxylic acid groups (broad SMARTS) is 1. The van der Waals surface area contributed by atoms with Crippen LogP contribution in [-0.2, 0) is 0 Å². The molecule has 0 saturated heterocycles. The molecule has 10 heteroatoms. The molecule has 0 atom stereocenters. The highest BCUT2D eigenvalue weighted by Crippen LogP contribution is 2.47. The predicted octanol–water partition coefficient (Wildman–Crippen LogP) is 4.31. The van der Waals surface area contributed by atoms with Gasteiger partial charge in [0.25, 0.3) is 5.69 Å². The van der Waals surface area contributed by atoms with Gasteiger partial charge in [0.05, 0.1) is 10.8 Å². The molecule has 0 amide bonds. The fourth-order valence-corrected chi connectivity index (χ4v) is 3.32. The van der Waals surface area contributed by atoms with Gasteiger partial charge in [0.1, 0.15) is 17.1 Å². The number of carbonyl (C=O) groups is 1. The molecule has 25 heavy (non-hydrogen) atoms. The minimum Gasteiger partial charge on any atom is -0.478 e. The zero-order chi connectivity index (χ0) is 18.9. The number of anilines is 1. The molecule has 138 valence electrons. The lowest BCUT2D eigenvalue weighted by atomic mass is 9.77. The number of carboxylic acids is 1. The Labute approximate surface area is 140 Å². The lowest BCUT2D eigenvalue weighted by molar-refractivity contribution is -0.384. The van der Waals surface area contributed by atoms with E-state index in [1.165, 1.54) is 7.05 Å². The highest BCUT2D eigenvalue weighted by molar-refractivity contribution is 5.91. The number of alkyl halides is 3. The number of halogens is 4. The summed E-state index contributed by atoms with van der Waals surface area (Å²) in [5.41, 5.74) is -1.90. The van der Waals surface area contributed by atoms with Crippen molar-refractivity contribution in [2.24, 2.45) is 5.92 Å². The molecule has 0 bridgehead atoms. The predicted molar refractivity (Wildman–Crippen MR) is 80.3 cm³/mol. The van der Waals surface area contributed by atoms with Crippen LogP contribution in [0.3, 0.4) is 0 Å². The molecule has 2 N–H and O–H groups in total. The van der Waals surface area contributed by atoms with Gasteiger partial charge in [-0.2, -0.15) is 13.2 Å². The van der Waals surface area contributed by atoms with E-state index in [9.17, 15) is 32.5 Å². The number of benzene rings is 1.